The topological polar surface area (TPSA) is 17.3 Å². The number of hydrogen-bond acceptors (Lipinski definition) is 1. The minimum atomic E-state index is -4.29. The number of fused-ring (bicyclic) bond motifs is 6. The van der Waals surface area contributed by atoms with E-state index >= 15 is 0 Å². The van der Waals surface area contributed by atoms with Crippen molar-refractivity contribution in [3.8, 4) is 11.1 Å². The largest absolute Gasteiger partial charge is 0.340 e. The molecule has 0 spiro atoms. The van der Waals surface area contributed by atoms with Crippen LogP contribution in [0.2, 0.25) is 0 Å². The van der Waals surface area contributed by atoms with Crippen LogP contribution in [-0.2, 0) is 30.9 Å². The molecule has 0 amide bonds. The van der Waals surface area contributed by atoms with Crippen molar-refractivity contribution in [2.75, 3.05) is 0 Å². The van der Waals surface area contributed by atoms with Gasteiger partial charge in [-0.15, -0.1) is 29.6 Å². The zero-order chi connectivity index (χ0) is 46.5. The normalized spacial score (nSPS) is 27.9. The first-order valence-electron chi connectivity index (χ1n) is 23.1. The third-order valence-electron chi connectivity index (χ3n) is 4.52. The Morgan fingerprint density at radius 3 is 2.34 bits per heavy atom. The molecule has 0 unspecified atom stereocenters. The van der Waals surface area contributed by atoms with E-state index in [4.69, 9.17) is 37.0 Å². The molecule has 0 saturated carbocycles. The second-order valence-corrected chi connectivity index (χ2v) is 6.72. The van der Waals surface area contributed by atoms with Gasteiger partial charge in [0.05, 0.1) is 16.6 Å². The first kappa shape index (κ1) is 6.34. The van der Waals surface area contributed by atoms with Crippen molar-refractivity contribution in [1.82, 2.24) is 9.38 Å². The van der Waals surface area contributed by atoms with Gasteiger partial charge < -0.3 is 4.40 Å². The molecule has 0 saturated heterocycles. The molecule has 2 aromatic heterocycles. The van der Waals surface area contributed by atoms with Gasteiger partial charge in [-0.3, -0.25) is 4.98 Å². The molecular formula is C29H29IrN2-. The monoisotopic (exact) mass is 627 g/mol. The van der Waals surface area contributed by atoms with Crippen molar-refractivity contribution in [3.05, 3.63) is 83.9 Å². The van der Waals surface area contributed by atoms with Crippen LogP contribution in [0.4, 0.5) is 0 Å². The Morgan fingerprint density at radius 1 is 0.906 bits per heavy atom. The van der Waals surface area contributed by atoms with Gasteiger partial charge in [-0.2, -0.15) is 0 Å². The maximum absolute atomic E-state index is 9.51. The number of nitrogens with zero attached hydrogens (tertiary/aromatic N) is 2. The molecule has 0 atom stereocenters. The summed E-state index contributed by atoms with van der Waals surface area (Å²) in [6.07, 6.45) is -1.91. The summed E-state index contributed by atoms with van der Waals surface area (Å²) in [6.45, 7) is -25.2. The standard InChI is InChI=1S/C29H29N2.Ir/c1-28(2,3)20-13-11-19(12-14-20)24-17-21(29(4,5)6)18-25-22-9-7-8-10-23(22)27-30-15-16-31(27)26(24)25;/h7-9,11-18H,1-6H3;/q-1;/i1D3,2D3,3D3,4D3,5D3,6D3,7D,8D,9D,11D,12D,13D,14D,15D,16D,17D,18D;. The van der Waals surface area contributed by atoms with E-state index in [9.17, 15) is 2.74 Å². The molecule has 0 aliphatic heterocycles. The van der Waals surface area contributed by atoms with Crippen molar-refractivity contribution in [2.24, 2.45) is 0 Å². The summed E-state index contributed by atoms with van der Waals surface area (Å²) in [7, 11) is 0. The van der Waals surface area contributed by atoms with Crippen molar-refractivity contribution in [3.63, 3.8) is 0 Å². The molecule has 5 aromatic rings. The molecule has 2 nitrogen and oxygen atoms in total. The number of pyridine rings is 1. The van der Waals surface area contributed by atoms with Gasteiger partial charge in [0.15, 0.2) is 0 Å². The summed E-state index contributed by atoms with van der Waals surface area (Å²) in [5.74, 6) is 0. The maximum Gasteiger partial charge on any atom is 0.0846 e. The molecule has 0 fully saturated rings. The third kappa shape index (κ3) is 3.68. The van der Waals surface area contributed by atoms with Crippen LogP contribution in [0.5, 0.6) is 0 Å². The van der Waals surface area contributed by atoms with E-state index in [-0.39, 0.29) is 20.1 Å². The van der Waals surface area contributed by atoms with Crippen LogP contribution in [-0.4, -0.2) is 9.38 Å². The van der Waals surface area contributed by atoms with Gasteiger partial charge in [0.25, 0.3) is 0 Å². The summed E-state index contributed by atoms with van der Waals surface area (Å²) in [5, 5.41) is -2.31. The fourth-order valence-electron chi connectivity index (χ4n) is 3.15. The Hall–Kier alpha value is -2.48. The van der Waals surface area contributed by atoms with Gasteiger partial charge in [-0.05, 0) is 40.3 Å². The zero-order valence-corrected chi connectivity index (χ0v) is 18.1. The summed E-state index contributed by atoms with van der Waals surface area (Å²) < 4.78 is 247. The third-order valence-corrected chi connectivity index (χ3v) is 4.52. The van der Waals surface area contributed by atoms with E-state index in [1.165, 1.54) is 0 Å². The van der Waals surface area contributed by atoms with Gasteiger partial charge in [-0.1, -0.05) is 76.7 Å². The predicted octanol–water partition coefficient (Wildman–Crippen LogP) is 7.70. The maximum atomic E-state index is 9.51. The number of hydrogen-bond donors (Lipinski definition) is 0. The van der Waals surface area contributed by atoms with Crippen molar-refractivity contribution in [2.45, 2.75) is 51.9 Å². The summed E-state index contributed by atoms with van der Waals surface area (Å²) in [5.41, 5.74) is -16.0. The van der Waals surface area contributed by atoms with Crippen LogP contribution < -0.4 is 0 Å². The molecule has 0 N–H and O–H groups in total. The average molecular weight is 627 g/mol. The van der Waals surface area contributed by atoms with Gasteiger partial charge >= 0.3 is 0 Å². The number of imidazole rings is 1. The van der Waals surface area contributed by atoms with E-state index in [2.05, 4.69) is 11.1 Å². The Labute approximate surface area is 244 Å². The predicted molar refractivity (Wildman–Crippen MR) is 132 cm³/mol. The Morgan fingerprint density at radius 2 is 1.62 bits per heavy atom. The molecule has 0 bridgehead atoms. The molecule has 3 heteroatoms. The van der Waals surface area contributed by atoms with E-state index in [1.807, 2.05) is 0 Å². The van der Waals surface area contributed by atoms with Crippen LogP contribution >= 0.6 is 0 Å². The SMILES string of the molecule is [2H]c1[c-]c2c(c([2H])c1[2H])c1c([2H])c(C(C([2H])([2H])[2H])(C([2H])([2H])[2H])C([2H])([2H])[2H])c([2H])c(-c3c([2H])c([2H])c(C(C([2H])([2H])[2H])(C([2H])([2H])[2H])C([2H])([2H])[2H])c([2H])c3[2H])c1n1c([2H])c([2H])nc21.[Ir]. The van der Waals surface area contributed by atoms with Gasteiger partial charge in [-0.25, -0.2) is 0 Å². The number of benzene rings is 3. The second kappa shape index (κ2) is 7.83. The van der Waals surface area contributed by atoms with Crippen molar-refractivity contribution < 1.29 is 59.9 Å². The zero-order valence-electron chi connectivity index (χ0n) is 44.7. The van der Waals surface area contributed by atoms with E-state index < -0.39 is 168 Å². The molecule has 0 aliphatic rings. The van der Waals surface area contributed by atoms with E-state index in [1.54, 1.807) is 0 Å². The molecule has 3 aromatic carbocycles. The van der Waals surface area contributed by atoms with Crippen LogP contribution in [0.25, 0.3) is 38.4 Å². The summed E-state index contributed by atoms with van der Waals surface area (Å²) in [4.78, 5) is 3.93. The van der Waals surface area contributed by atoms with Gasteiger partial charge in [0.1, 0.15) is 0 Å². The molecule has 1 radical (unpaired) electrons. The number of rotatable bonds is 1. The Balaban J connectivity index is 0.00000819. The minimum absolute atomic E-state index is 0. The molecule has 2 heterocycles. The van der Waals surface area contributed by atoms with Crippen LogP contribution in [0.1, 0.15) is 92.0 Å². The van der Waals surface area contributed by atoms with Crippen LogP contribution in [0, 0.1) is 6.07 Å². The van der Waals surface area contributed by atoms with Gasteiger partial charge in [0.2, 0.25) is 0 Å². The minimum Gasteiger partial charge on any atom is -0.340 e. The Bertz CT molecular complexity index is 2530. The van der Waals surface area contributed by atoms with E-state index in [0.29, 0.717) is 4.40 Å². The first-order valence-corrected chi connectivity index (χ1v) is 8.62. The molecular weight excluding hydrogens is 569 g/mol. The first-order chi connectivity index (χ1) is 26.7. The quantitative estimate of drug-likeness (QED) is 0.138. The fourth-order valence-corrected chi connectivity index (χ4v) is 3.15. The molecule has 0 aliphatic carbocycles. The molecule has 5 rings (SSSR count). The molecule has 32 heavy (non-hydrogen) atoms. The Kier molecular flexibility index (Phi) is 1.55. The smallest absolute Gasteiger partial charge is 0.0846 e. The fraction of sp³-hybridized carbons (Fsp3) is 0.276. The van der Waals surface area contributed by atoms with Gasteiger partial charge in [0, 0.05) is 70.9 Å². The summed E-state index contributed by atoms with van der Waals surface area (Å²) in [6, 6.07) is -9.99. The average Bonchev–Trinajstić information content (AvgIpc) is 3.33. The van der Waals surface area contributed by atoms with Crippen molar-refractivity contribution in [1.29, 1.82) is 0 Å². The second-order valence-electron chi connectivity index (χ2n) is 6.72. The van der Waals surface area contributed by atoms with Crippen LogP contribution in [0.3, 0.4) is 0 Å². The number of aromatic nitrogens is 2. The molecule has 165 valence electrons. The summed E-state index contributed by atoms with van der Waals surface area (Å²) >= 11 is 0. The van der Waals surface area contributed by atoms with E-state index in [0.717, 1.165) is 0 Å². The van der Waals surface area contributed by atoms with Crippen LogP contribution in [0.15, 0.2) is 66.7 Å². The van der Waals surface area contributed by atoms with Crippen molar-refractivity contribution >= 4 is 27.3 Å².